The Morgan fingerprint density at radius 2 is 2.07 bits per heavy atom. The minimum absolute atomic E-state index is 0.0839. The molecule has 0 bridgehead atoms. The average molecular weight is 406 g/mol. The van der Waals surface area contributed by atoms with Crippen molar-refractivity contribution in [3.05, 3.63) is 33.9 Å². The first-order valence-corrected chi connectivity index (χ1v) is 9.81. The molecule has 1 heterocycles. The molecule has 0 spiro atoms. The van der Waals surface area contributed by atoms with Gasteiger partial charge in [0.2, 0.25) is 0 Å². The van der Waals surface area contributed by atoms with Crippen molar-refractivity contribution in [2.24, 2.45) is 5.92 Å². The summed E-state index contributed by atoms with van der Waals surface area (Å²) in [5.41, 5.74) is 3.36. The number of benzene rings is 1. The Morgan fingerprint density at radius 1 is 1.38 bits per heavy atom. The lowest BCUT2D eigenvalue weighted by molar-refractivity contribution is -0.139. The van der Waals surface area contributed by atoms with E-state index in [4.69, 9.17) is 14.6 Å². The summed E-state index contributed by atoms with van der Waals surface area (Å²) < 4.78 is 10.5. The number of aliphatic hydroxyl groups excluding tert-OH is 1. The molecule has 0 saturated heterocycles. The third-order valence-corrected chi connectivity index (χ3v) is 5.57. The summed E-state index contributed by atoms with van der Waals surface area (Å²) in [5, 5.41) is 29.2. The highest BCUT2D eigenvalue weighted by Gasteiger charge is 2.31. The molecule has 1 aromatic carbocycles. The van der Waals surface area contributed by atoms with Crippen molar-refractivity contribution in [1.29, 1.82) is 0 Å². The first-order chi connectivity index (χ1) is 13.7. The Kier molecular flexibility index (Phi) is 7.67. The van der Waals surface area contributed by atoms with E-state index in [9.17, 15) is 19.8 Å². The van der Waals surface area contributed by atoms with Gasteiger partial charge in [0.05, 0.1) is 19.6 Å². The van der Waals surface area contributed by atoms with Gasteiger partial charge in [0.25, 0.3) is 0 Å². The van der Waals surface area contributed by atoms with E-state index in [1.807, 2.05) is 26.8 Å². The normalized spacial score (nSPS) is 15.6. The van der Waals surface area contributed by atoms with Crippen LogP contribution in [-0.4, -0.2) is 40.5 Å². The molecule has 0 saturated carbocycles. The van der Waals surface area contributed by atoms with Crippen LogP contribution in [0, 0.1) is 12.8 Å². The number of allylic oxidation sites excluding steroid dienone is 2. The van der Waals surface area contributed by atoms with Crippen LogP contribution in [0.4, 0.5) is 0 Å². The SMILES string of the molecule is COc1c(C)c2c(c(O)c1C/C=C(\C)CCCC(C)C(O)CC(=O)O)C(=O)OC2. The maximum absolute atomic E-state index is 12.0. The summed E-state index contributed by atoms with van der Waals surface area (Å²) >= 11 is 0. The van der Waals surface area contributed by atoms with Crippen molar-refractivity contribution in [2.45, 2.75) is 65.6 Å². The van der Waals surface area contributed by atoms with Crippen molar-refractivity contribution in [3.63, 3.8) is 0 Å². The number of hydrogen-bond donors (Lipinski definition) is 3. The molecule has 0 radical (unpaired) electrons. The fraction of sp³-hybridized carbons (Fsp3) is 0.545. The van der Waals surface area contributed by atoms with Gasteiger partial charge >= 0.3 is 11.9 Å². The quantitative estimate of drug-likeness (QED) is 0.402. The number of phenols is 1. The summed E-state index contributed by atoms with van der Waals surface area (Å²) in [6, 6.07) is 0. The van der Waals surface area contributed by atoms with Gasteiger partial charge in [0, 0.05) is 11.1 Å². The molecule has 1 aliphatic rings. The van der Waals surface area contributed by atoms with E-state index < -0.39 is 18.0 Å². The Balaban J connectivity index is 2.04. The lowest BCUT2D eigenvalue weighted by atomic mass is 9.93. The largest absolute Gasteiger partial charge is 0.507 e. The Morgan fingerprint density at radius 3 is 2.69 bits per heavy atom. The number of hydrogen-bond acceptors (Lipinski definition) is 6. The van der Waals surface area contributed by atoms with E-state index in [1.54, 1.807) is 0 Å². The van der Waals surface area contributed by atoms with Crippen molar-refractivity contribution in [3.8, 4) is 11.5 Å². The highest BCUT2D eigenvalue weighted by atomic mass is 16.5. The fourth-order valence-corrected chi connectivity index (χ4v) is 3.68. The number of ether oxygens (including phenoxy) is 2. The van der Waals surface area contributed by atoms with Gasteiger partial charge in [0.15, 0.2) is 0 Å². The first-order valence-electron chi connectivity index (χ1n) is 9.81. The van der Waals surface area contributed by atoms with Gasteiger partial charge < -0.3 is 24.8 Å². The van der Waals surface area contributed by atoms with Crippen LogP contribution >= 0.6 is 0 Å². The number of aliphatic carboxylic acids is 1. The number of aliphatic hydroxyl groups is 1. The maximum Gasteiger partial charge on any atom is 0.342 e. The van der Waals surface area contributed by atoms with E-state index in [2.05, 4.69) is 0 Å². The lowest BCUT2D eigenvalue weighted by Gasteiger charge is -2.17. The molecular formula is C22H30O7. The smallest absolute Gasteiger partial charge is 0.342 e. The molecular weight excluding hydrogens is 376 g/mol. The predicted octanol–water partition coefficient (Wildman–Crippen LogP) is 3.51. The molecule has 1 aliphatic heterocycles. The van der Waals surface area contributed by atoms with Crippen LogP contribution in [0.2, 0.25) is 0 Å². The van der Waals surface area contributed by atoms with Gasteiger partial charge in [-0.25, -0.2) is 4.79 Å². The van der Waals surface area contributed by atoms with Crippen LogP contribution in [0.5, 0.6) is 11.5 Å². The van der Waals surface area contributed by atoms with E-state index in [0.29, 0.717) is 23.3 Å². The van der Waals surface area contributed by atoms with Gasteiger partial charge in [-0.15, -0.1) is 0 Å². The van der Waals surface area contributed by atoms with Crippen LogP contribution in [-0.2, 0) is 22.6 Å². The van der Waals surface area contributed by atoms with Crippen LogP contribution in [0.3, 0.4) is 0 Å². The fourth-order valence-electron chi connectivity index (χ4n) is 3.68. The third-order valence-electron chi connectivity index (χ3n) is 5.57. The molecule has 0 aromatic heterocycles. The molecule has 0 fully saturated rings. The number of aromatic hydroxyl groups is 1. The van der Waals surface area contributed by atoms with Crippen molar-refractivity contribution >= 4 is 11.9 Å². The van der Waals surface area contributed by atoms with Crippen LogP contribution in [0.1, 0.15) is 66.6 Å². The number of methoxy groups -OCH3 is 1. The van der Waals surface area contributed by atoms with E-state index >= 15 is 0 Å². The highest BCUT2D eigenvalue weighted by Crippen LogP contribution is 2.42. The number of fused-ring (bicyclic) bond motifs is 1. The van der Waals surface area contributed by atoms with Crippen LogP contribution in [0.25, 0.3) is 0 Å². The topological polar surface area (TPSA) is 113 Å². The number of carbonyl (C=O) groups is 2. The second kappa shape index (κ2) is 9.78. The second-order valence-corrected chi connectivity index (χ2v) is 7.70. The zero-order chi connectivity index (χ0) is 21.7. The molecule has 2 rings (SSSR count). The van der Waals surface area contributed by atoms with Gasteiger partial charge in [-0.2, -0.15) is 0 Å². The highest BCUT2D eigenvalue weighted by molar-refractivity contribution is 5.98. The van der Waals surface area contributed by atoms with Crippen molar-refractivity contribution in [2.75, 3.05) is 7.11 Å². The molecule has 2 atom stereocenters. The first kappa shape index (κ1) is 22.7. The summed E-state index contributed by atoms with van der Waals surface area (Å²) in [7, 11) is 1.54. The van der Waals surface area contributed by atoms with Gasteiger partial charge in [0.1, 0.15) is 23.7 Å². The van der Waals surface area contributed by atoms with E-state index in [0.717, 1.165) is 30.4 Å². The number of rotatable bonds is 10. The molecule has 0 aliphatic carbocycles. The molecule has 29 heavy (non-hydrogen) atoms. The number of cyclic esters (lactones) is 1. The maximum atomic E-state index is 12.0. The molecule has 2 unspecified atom stereocenters. The summed E-state index contributed by atoms with van der Waals surface area (Å²) in [4.78, 5) is 22.6. The number of carbonyl (C=O) groups excluding carboxylic acids is 1. The van der Waals surface area contributed by atoms with Crippen LogP contribution < -0.4 is 4.74 Å². The van der Waals surface area contributed by atoms with Crippen molar-refractivity contribution < 1.29 is 34.4 Å². The monoisotopic (exact) mass is 406 g/mol. The molecule has 160 valence electrons. The molecule has 3 N–H and O–H groups in total. The molecule has 7 heteroatoms. The number of carboxylic acids is 1. The zero-order valence-corrected chi connectivity index (χ0v) is 17.4. The predicted molar refractivity (Wildman–Crippen MR) is 107 cm³/mol. The molecule has 1 aromatic rings. The van der Waals surface area contributed by atoms with Gasteiger partial charge in [-0.1, -0.05) is 18.6 Å². The summed E-state index contributed by atoms with van der Waals surface area (Å²) in [6.07, 6.45) is 3.65. The summed E-state index contributed by atoms with van der Waals surface area (Å²) in [6.45, 7) is 5.83. The average Bonchev–Trinajstić information content (AvgIpc) is 3.04. The minimum atomic E-state index is -0.997. The Bertz CT molecular complexity index is 810. The number of carboxylic acid groups (broad SMARTS) is 1. The number of esters is 1. The van der Waals surface area contributed by atoms with E-state index in [1.165, 1.54) is 7.11 Å². The molecule has 7 nitrogen and oxygen atoms in total. The second-order valence-electron chi connectivity index (χ2n) is 7.70. The Hall–Kier alpha value is -2.54. The molecule has 0 amide bonds. The zero-order valence-electron chi connectivity index (χ0n) is 17.4. The van der Waals surface area contributed by atoms with Crippen molar-refractivity contribution in [1.82, 2.24) is 0 Å². The minimum Gasteiger partial charge on any atom is -0.507 e. The summed E-state index contributed by atoms with van der Waals surface area (Å²) in [5.74, 6) is -1.12. The van der Waals surface area contributed by atoms with Crippen LogP contribution in [0.15, 0.2) is 11.6 Å². The third kappa shape index (κ3) is 5.29. The Labute approximate surface area is 171 Å². The standard InChI is InChI=1S/C22H30O7/c1-12(6-5-7-13(2)17(23)10-18(24)25)8-9-15-20(26)19-16(11-29-22(19)27)14(3)21(15)28-4/h8,13,17,23,26H,5-7,9-11H2,1-4H3,(H,24,25)/b12-8+. The van der Waals surface area contributed by atoms with Gasteiger partial charge in [-0.05, 0) is 51.0 Å². The number of phenolic OH excluding ortho intramolecular Hbond substituents is 1. The lowest BCUT2D eigenvalue weighted by Crippen LogP contribution is -2.21. The van der Waals surface area contributed by atoms with Gasteiger partial charge in [-0.3, -0.25) is 4.79 Å². The van der Waals surface area contributed by atoms with E-state index in [-0.39, 0.29) is 30.3 Å².